The van der Waals surface area contributed by atoms with Gasteiger partial charge in [-0.15, -0.1) is 0 Å². The maximum absolute atomic E-state index is 12.3. The van der Waals surface area contributed by atoms with Gasteiger partial charge in [0.05, 0.1) is 12.2 Å². The molecule has 0 saturated carbocycles. The maximum atomic E-state index is 12.3. The number of amides is 2. The monoisotopic (exact) mass is 424 g/mol. The van der Waals surface area contributed by atoms with Crippen molar-refractivity contribution in [3.63, 3.8) is 0 Å². The highest BCUT2D eigenvalue weighted by Crippen LogP contribution is 2.35. The molecule has 0 unspecified atom stereocenters. The zero-order valence-corrected chi connectivity index (χ0v) is 16.7. The van der Waals surface area contributed by atoms with E-state index in [1.54, 1.807) is 42.5 Å². The molecule has 2 amide bonds. The molecule has 0 aliphatic carbocycles. The van der Waals surface area contributed by atoms with Gasteiger partial charge in [-0.1, -0.05) is 17.3 Å². The highest BCUT2D eigenvalue weighted by Gasteiger charge is 2.19. The molecule has 3 aromatic rings. The second kappa shape index (κ2) is 9.16. The molecule has 1 aliphatic heterocycles. The summed E-state index contributed by atoms with van der Waals surface area (Å²) in [6.45, 7) is 2.86. The van der Waals surface area contributed by atoms with Crippen LogP contribution in [-0.4, -0.2) is 48.4 Å². The van der Waals surface area contributed by atoms with Gasteiger partial charge in [0.2, 0.25) is 12.6 Å². The summed E-state index contributed by atoms with van der Waals surface area (Å²) in [7, 11) is 0. The van der Waals surface area contributed by atoms with Crippen LogP contribution in [0.4, 0.5) is 0 Å². The van der Waals surface area contributed by atoms with Gasteiger partial charge >= 0.3 is 11.8 Å². The van der Waals surface area contributed by atoms with Crippen LogP contribution in [0, 0.1) is 0 Å². The Hall–Kier alpha value is -4.08. The predicted octanol–water partition coefficient (Wildman–Crippen LogP) is 2.02. The van der Waals surface area contributed by atoms with Crippen molar-refractivity contribution in [1.82, 2.24) is 20.8 Å². The van der Waals surface area contributed by atoms with E-state index in [0.717, 1.165) is 0 Å². The van der Waals surface area contributed by atoms with E-state index < -0.39 is 5.91 Å². The van der Waals surface area contributed by atoms with Gasteiger partial charge in [-0.25, -0.2) is 0 Å². The molecule has 0 atom stereocenters. The van der Waals surface area contributed by atoms with Crippen LogP contribution < -0.4 is 24.8 Å². The fourth-order valence-electron chi connectivity index (χ4n) is 2.93. The number of nitrogens with zero attached hydrogens (tertiary/aromatic N) is 2. The maximum Gasteiger partial charge on any atom is 0.316 e. The number of carbonyl (C=O) groups is 2. The van der Waals surface area contributed by atoms with Gasteiger partial charge in [0, 0.05) is 18.7 Å². The van der Waals surface area contributed by atoms with Crippen molar-refractivity contribution in [3.05, 3.63) is 53.9 Å². The number of benzene rings is 2. The third-order valence-electron chi connectivity index (χ3n) is 4.38. The quantitative estimate of drug-likeness (QED) is 0.526. The minimum atomic E-state index is -0.538. The summed E-state index contributed by atoms with van der Waals surface area (Å²) >= 11 is 0. The van der Waals surface area contributed by atoms with Crippen LogP contribution in [0.25, 0.3) is 11.4 Å². The minimum absolute atomic E-state index is 0.159. The summed E-state index contributed by atoms with van der Waals surface area (Å²) in [5.74, 6) is 0.967. The first-order valence-electron chi connectivity index (χ1n) is 9.67. The molecule has 2 N–H and O–H groups in total. The van der Waals surface area contributed by atoms with E-state index in [0.29, 0.717) is 35.0 Å². The number of para-hydroxylation sites is 1. The third-order valence-corrected chi connectivity index (χ3v) is 4.38. The van der Waals surface area contributed by atoms with Gasteiger partial charge < -0.3 is 29.4 Å². The number of nitrogens with one attached hydrogen (secondary N) is 2. The molecule has 10 nitrogen and oxygen atoms in total. The molecular formula is C21H20N4O6. The van der Waals surface area contributed by atoms with Crippen molar-refractivity contribution in [2.45, 2.75) is 6.92 Å². The molecule has 1 aromatic heterocycles. The molecule has 0 bridgehead atoms. The Bertz CT molecular complexity index is 1100. The Morgan fingerprint density at radius 1 is 1.03 bits per heavy atom. The Morgan fingerprint density at radius 2 is 1.81 bits per heavy atom. The smallest absolute Gasteiger partial charge is 0.316 e. The topological polar surface area (TPSA) is 125 Å². The highest BCUT2D eigenvalue weighted by molar-refractivity contribution is 5.97. The van der Waals surface area contributed by atoms with Crippen LogP contribution in [-0.2, 0) is 0 Å². The van der Waals surface area contributed by atoms with Crippen molar-refractivity contribution in [2.75, 3.05) is 26.5 Å². The summed E-state index contributed by atoms with van der Waals surface area (Å²) in [6.07, 6.45) is 0. The summed E-state index contributed by atoms with van der Waals surface area (Å²) in [5.41, 5.74) is 1.06. The summed E-state index contributed by atoms with van der Waals surface area (Å²) in [6, 6.07) is 12.2. The number of aromatic nitrogens is 2. The number of hydrogen-bond donors (Lipinski definition) is 2. The van der Waals surface area contributed by atoms with Crippen molar-refractivity contribution in [2.24, 2.45) is 0 Å². The standard InChI is InChI=1S/C21H20N4O6/c1-2-28-15-6-4-3-5-14(15)19(26)22-9-10-23-20(27)21-24-18(25-31-21)13-7-8-16-17(11-13)30-12-29-16/h3-8,11H,2,9-10,12H2,1H3,(H,22,26)(H,23,27). The lowest BCUT2D eigenvalue weighted by Gasteiger charge is -2.10. The van der Waals surface area contributed by atoms with Crippen LogP contribution in [0.15, 0.2) is 47.0 Å². The fourth-order valence-corrected chi connectivity index (χ4v) is 2.93. The molecule has 31 heavy (non-hydrogen) atoms. The third kappa shape index (κ3) is 4.58. The van der Waals surface area contributed by atoms with Crippen LogP contribution in [0.3, 0.4) is 0 Å². The minimum Gasteiger partial charge on any atom is -0.493 e. The number of hydrogen-bond acceptors (Lipinski definition) is 8. The van der Waals surface area contributed by atoms with Crippen LogP contribution in [0.5, 0.6) is 17.2 Å². The van der Waals surface area contributed by atoms with Crippen LogP contribution >= 0.6 is 0 Å². The predicted molar refractivity (Wildman–Crippen MR) is 108 cm³/mol. The van der Waals surface area contributed by atoms with Gasteiger partial charge in [-0.3, -0.25) is 9.59 Å². The molecule has 10 heteroatoms. The highest BCUT2D eigenvalue weighted by atomic mass is 16.7. The molecule has 160 valence electrons. The first kappa shape index (κ1) is 20.2. The number of rotatable bonds is 8. The molecule has 2 aromatic carbocycles. The Balaban J connectivity index is 1.29. The van der Waals surface area contributed by atoms with Crippen LogP contribution in [0.1, 0.15) is 28.0 Å². The number of fused-ring (bicyclic) bond motifs is 1. The summed E-state index contributed by atoms with van der Waals surface area (Å²) in [4.78, 5) is 28.7. The Kier molecular flexibility index (Phi) is 5.97. The van der Waals surface area contributed by atoms with Crippen molar-refractivity contribution in [1.29, 1.82) is 0 Å². The zero-order chi connectivity index (χ0) is 21.6. The first-order valence-corrected chi connectivity index (χ1v) is 9.67. The number of ether oxygens (including phenoxy) is 3. The average Bonchev–Trinajstić information content (AvgIpc) is 3.46. The van der Waals surface area contributed by atoms with Gasteiger partial charge in [0.15, 0.2) is 11.5 Å². The van der Waals surface area contributed by atoms with Crippen molar-refractivity contribution in [3.8, 4) is 28.6 Å². The van der Waals surface area contributed by atoms with Crippen molar-refractivity contribution >= 4 is 11.8 Å². The molecule has 0 saturated heterocycles. The molecular weight excluding hydrogens is 404 g/mol. The second-order valence-corrected chi connectivity index (χ2v) is 6.43. The van der Waals surface area contributed by atoms with Crippen LogP contribution in [0.2, 0.25) is 0 Å². The molecule has 0 fully saturated rings. The Labute approximate surface area is 177 Å². The lowest BCUT2D eigenvalue weighted by atomic mass is 10.2. The normalized spacial score (nSPS) is 11.8. The zero-order valence-electron chi connectivity index (χ0n) is 16.7. The first-order chi connectivity index (χ1) is 15.2. The van der Waals surface area contributed by atoms with E-state index >= 15 is 0 Å². The molecule has 4 rings (SSSR count). The lowest BCUT2D eigenvalue weighted by molar-refractivity contribution is 0.0897. The molecule has 0 spiro atoms. The van der Waals surface area contributed by atoms with Gasteiger partial charge in [-0.05, 0) is 37.3 Å². The molecule has 2 heterocycles. The van der Waals surface area contributed by atoms with E-state index in [-0.39, 0.29) is 37.5 Å². The van der Waals surface area contributed by atoms with Gasteiger partial charge in [-0.2, -0.15) is 4.98 Å². The van der Waals surface area contributed by atoms with E-state index in [2.05, 4.69) is 20.8 Å². The van der Waals surface area contributed by atoms with Gasteiger partial charge in [0.25, 0.3) is 5.91 Å². The van der Waals surface area contributed by atoms with E-state index in [4.69, 9.17) is 18.7 Å². The van der Waals surface area contributed by atoms with Gasteiger partial charge in [0.1, 0.15) is 5.75 Å². The molecule has 1 aliphatic rings. The fraction of sp³-hybridized carbons (Fsp3) is 0.238. The summed E-state index contributed by atoms with van der Waals surface area (Å²) < 4.78 is 21.1. The molecule has 0 radical (unpaired) electrons. The second-order valence-electron chi connectivity index (χ2n) is 6.43. The van der Waals surface area contributed by atoms with E-state index in [1.807, 2.05) is 6.92 Å². The lowest BCUT2D eigenvalue weighted by Crippen LogP contribution is -2.35. The Morgan fingerprint density at radius 3 is 2.65 bits per heavy atom. The van der Waals surface area contributed by atoms with E-state index in [9.17, 15) is 9.59 Å². The largest absolute Gasteiger partial charge is 0.493 e. The van der Waals surface area contributed by atoms with Crippen molar-refractivity contribution < 1.29 is 28.3 Å². The SMILES string of the molecule is CCOc1ccccc1C(=O)NCCNC(=O)c1nc(-c2ccc3c(c2)OCO3)no1. The van der Waals surface area contributed by atoms with E-state index in [1.165, 1.54) is 0 Å². The average molecular weight is 424 g/mol. The number of carbonyl (C=O) groups excluding carboxylic acids is 2. The summed E-state index contributed by atoms with van der Waals surface area (Å²) in [5, 5.41) is 9.19.